The zero-order valence-electron chi connectivity index (χ0n) is 7.37. The van der Waals surface area contributed by atoms with Gasteiger partial charge in [0.25, 0.3) is 0 Å². The first-order valence-corrected chi connectivity index (χ1v) is 3.82. The Morgan fingerprint density at radius 1 is 1.40 bits per heavy atom. The zero-order valence-corrected chi connectivity index (χ0v) is 7.37. The van der Waals surface area contributed by atoms with Gasteiger partial charge in [-0.25, -0.2) is 4.39 Å². The summed E-state index contributed by atoms with van der Waals surface area (Å²) in [6.07, 6.45) is -0.499. The number of nitro groups is 1. The summed E-state index contributed by atoms with van der Waals surface area (Å²) in [5.74, 6) is -3.07. The highest BCUT2D eigenvalue weighted by Gasteiger charge is 2.18. The number of carbonyl (C=O) groups excluding carboxylic acids is 1. The molecule has 0 saturated heterocycles. The smallest absolute Gasteiger partial charge is 0.307 e. The molecule has 15 heavy (non-hydrogen) atoms. The predicted octanol–water partition coefficient (Wildman–Crippen LogP) is 0.901. The van der Waals surface area contributed by atoms with Crippen molar-refractivity contribution in [2.45, 2.75) is 6.42 Å². The molecule has 5 nitrogen and oxygen atoms in total. The average Bonchev–Trinajstić information content (AvgIpc) is 2.09. The van der Waals surface area contributed by atoms with E-state index in [0.29, 0.717) is 12.1 Å². The SMILES string of the molecule is NC(=O)Cc1cc(F)c([N+](=O)[O-])cc1F. The lowest BCUT2D eigenvalue weighted by Crippen LogP contribution is -2.15. The third-order valence-corrected chi connectivity index (χ3v) is 1.68. The number of nitrogens with two attached hydrogens (primary N) is 1. The van der Waals surface area contributed by atoms with Gasteiger partial charge in [0.05, 0.1) is 17.4 Å². The number of hydrogen-bond donors (Lipinski definition) is 1. The van der Waals surface area contributed by atoms with Crippen molar-refractivity contribution in [1.82, 2.24) is 0 Å². The Bertz CT molecular complexity index is 434. The van der Waals surface area contributed by atoms with Gasteiger partial charge in [-0.05, 0) is 6.07 Å². The highest BCUT2D eigenvalue weighted by Crippen LogP contribution is 2.21. The summed E-state index contributed by atoms with van der Waals surface area (Å²) in [7, 11) is 0. The lowest BCUT2D eigenvalue weighted by Gasteiger charge is -2.01. The van der Waals surface area contributed by atoms with Gasteiger partial charge in [-0.3, -0.25) is 14.9 Å². The Morgan fingerprint density at radius 3 is 2.47 bits per heavy atom. The molecular weight excluding hydrogens is 210 g/mol. The number of amides is 1. The van der Waals surface area contributed by atoms with Crippen LogP contribution in [-0.2, 0) is 11.2 Å². The van der Waals surface area contributed by atoms with Crippen molar-refractivity contribution >= 4 is 11.6 Å². The Balaban J connectivity index is 3.19. The van der Waals surface area contributed by atoms with E-state index in [1.807, 2.05) is 0 Å². The summed E-state index contributed by atoms with van der Waals surface area (Å²) in [5, 5.41) is 10.2. The summed E-state index contributed by atoms with van der Waals surface area (Å²) in [4.78, 5) is 19.6. The first-order valence-electron chi connectivity index (χ1n) is 3.82. The van der Waals surface area contributed by atoms with Gasteiger partial charge in [-0.1, -0.05) is 0 Å². The molecule has 0 aliphatic rings. The minimum absolute atomic E-state index is 0.300. The molecule has 0 atom stereocenters. The number of primary amides is 1. The fraction of sp³-hybridized carbons (Fsp3) is 0.125. The van der Waals surface area contributed by atoms with Gasteiger partial charge in [-0.15, -0.1) is 0 Å². The Kier molecular flexibility index (Phi) is 2.93. The van der Waals surface area contributed by atoms with Crippen molar-refractivity contribution in [2.24, 2.45) is 5.73 Å². The quantitative estimate of drug-likeness (QED) is 0.601. The standard InChI is InChI=1S/C8H6F2N2O3/c9-5-3-7(12(14)15)6(10)1-4(5)2-8(11)13/h1,3H,2H2,(H2,11,13). The number of halogens is 2. The largest absolute Gasteiger partial charge is 0.369 e. The van der Waals surface area contributed by atoms with Crippen molar-refractivity contribution in [2.75, 3.05) is 0 Å². The lowest BCUT2D eigenvalue weighted by atomic mass is 10.1. The van der Waals surface area contributed by atoms with E-state index in [1.54, 1.807) is 0 Å². The lowest BCUT2D eigenvalue weighted by molar-refractivity contribution is -0.387. The zero-order chi connectivity index (χ0) is 11.6. The van der Waals surface area contributed by atoms with E-state index in [1.165, 1.54) is 0 Å². The summed E-state index contributed by atoms with van der Waals surface area (Å²) >= 11 is 0. The minimum Gasteiger partial charge on any atom is -0.369 e. The first kappa shape index (κ1) is 11.0. The van der Waals surface area contributed by atoms with Gasteiger partial charge < -0.3 is 5.73 Å². The molecule has 0 heterocycles. The summed E-state index contributed by atoms with van der Waals surface area (Å²) < 4.78 is 26.0. The second-order valence-electron chi connectivity index (χ2n) is 2.80. The van der Waals surface area contributed by atoms with E-state index in [0.717, 1.165) is 0 Å². The van der Waals surface area contributed by atoms with Crippen LogP contribution in [0.4, 0.5) is 14.5 Å². The third-order valence-electron chi connectivity index (χ3n) is 1.68. The molecule has 0 unspecified atom stereocenters. The Labute approximate surface area is 82.6 Å². The van der Waals surface area contributed by atoms with E-state index in [-0.39, 0.29) is 5.56 Å². The van der Waals surface area contributed by atoms with Gasteiger partial charge in [0.15, 0.2) is 0 Å². The second-order valence-corrected chi connectivity index (χ2v) is 2.80. The van der Waals surface area contributed by atoms with Gasteiger partial charge in [0.2, 0.25) is 11.7 Å². The maximum Gasteiger partial charge on any atom is 0.307 e. The summed E-state index contributed by atoms with van der Waals surface area (Å²) in [6.45, 7) is 0. The Hall–Kier alpha value is -2.05. The van der Waals surface area contributed by atoms with Crippen molar-refractivity contribution in [3.05, 3.63) is 39.4 Å². The van der Waals surface area contributed by atoms with E-state index >= 15 is 0 Å². The normalized spacial score (nSPS) is 10.0. The van der Waals surface area contributed by atoms with Crippen LogP contribution in [0.5, 0.6) is 0 Å². The van der Waals surface area contributed by atoms with Crippen molar-refractivity contribution in [3.8, 4) is 0 Å². The molecule has 0 fully saturated rings. The maximum absolute atomic E-state index is 13.1. The van der Waals surface area contributed by atoms with E-state index in [4.69, 9.17) is 5.73 Å². The molecule has 1 rings (SSSR count). The topological polar surface area (TPSA) is 86.2 Å². The van der Waals surface area contributed by atoms with Gasteiger partial charge in [0.1, 0.15) is 5.82 Å². The summed E-state index contributed by atoms with van der Waals surface area (Å²) in [6, 6.07) is 1.02. The molecule has 1 aromatic carbocycles. The highest BCUT2D eigenvalue weighted by molar-refractivity contribution is 5.76. The molecule has 0 bridgehead atoms. The molecule has 0 radical (unpaired) electrons. The van der Waals surface area contributed by atoms with Crippen LogP contribution in [-0.4, -0.2) is 10.8 Å². The van der Waals surface area contributed by atoms with Crippen LogP contribution in [0, 0.1) is 21.7 Å². The number of hydrogen-bond acceptors (Lipinski definition) is 3. The van der Waals surface area contributed by atoms with E-state index in [9.17, 15) is 23.7 Å². The van der Waals surface area contributed by atoms with E-state index < -0.39 is 34.6 Å². The van der Waals surface area contributed by atoms with E-state index in [2.05, 4.69) is 0 Å². The first-order chi connectivity index (χ1) is 6.91. The molecule has 0 spiro atoms. The predicted molar refractivity (Wildman–Crippen MR) is 45.9 cm³/mol. The number of benzene rings is 1. The average molecular weight is 216 g/mol. The fourth-order valence-corrected chi connectivity index (χ4v) is 1.04. The van der Waals surface area contributed by atoms with Crippen molar-refractivity contribution in [3.63, 3.8) is 0 Å². The Morgan fingerprint density at radius 2 is 2.00 bits per heavy atom. The van der Waals surface area contributed by atoms with Crippen molar-refractivity contribution < 1.29 is 18.5 Å². The molecule has 0 saturated carbocycles. The summed E-state index contributed by atoms with van der Waals surface area (Å²) in [5.41, 5.74) is 3.51. The molecule has 0 aliphatic carbocycles. The number of rotatable bonds is 3. The van der Waals surface area contributed by atoms with Crippen LogP contribution in [0.15, 0.2) is 12.1 Å². The second kappa shape index (κ2) is 3.99. The van der Waals surface area contributed by atoms with Crippen LogP contribution in [0.2, 0.25) is 0 Å². The van der Waals surface area contributed by atoms with Crippen LogP contribution < -0.4 is 5.73 Å². The monoisotopic (exact) mass is 216 g/mol. The third kappa shape index (κ3) is 2.46. The molecule has 1 aromatic rings. The van der Waals surface area contributed by atoms with Gasteiger partial charge in [0, 0.05) is 5.56 Å². The number of nitrogens with zero attached hydrogens (tertiary/aromatic N) is 1. The number of nitro benzene ring substituents is 1. The van der Waals surface area contributed by atoms with Crippen LogP contribution in [0.1, 0.15) is 5.56 Å². The molecule has 80 valence electrons. The highest BCUT2D eigenvalue weighted by atomic mass is 19.1. The maximum atomic E-state index is 13.1. The molecule has 0 aromatic heterocycles. The molecule has 0 aliphatic heterocycles. The van der Waals surface area contributed by atoms with Crippen LogP contribution >= 0.6 is 0 Å². The van der Waals surface area contributed by atoms with Gasteiger partial charge in [-0.2, -0.15) is 4.39 Å². The molecule has 1 amide bonds. The number of carbonyl (C=O) groups is 1. The van der Waals surface area contributed by atoms with Crippen LogP contribution in [0.25, 0.3) is 0 Å². The minimum atomic E-state index is -1.20. The fourth-order valence-electron chi connectivity index (χ4n) is 1.04. The van der Waals surface area contributed by atoms with Gasteiger partial charge >= 0.3 is 5.69 Å². The molecule has 7 heteroatoms. The van der Waals surface area contributed by atoms with Crippen molar-refractivity contribution in [1.29, 1.82) is 0 Å². The molecule has 2 N–H and O–H groups in total. The van der Waals surface area contributed by atoms with Crippen LogP contribution in [0.3, 0.4) is 0 Å². The molecular formula is C8H6F2N2O3.